The summed E-state index contributed by atoms with van der Waals surface area (Å²) in [5, 5.41) is 2.45. The molecule has 2 aromatic carbocycles. The minimum atomic E-state index is -3.39. The van der Waals surface area contributed by atoms with Crippen LogP contribution in [0.1, 0.15) is 15.9 Å². The summed E-state index contributed by atoms with van der Waals surface area (Å²) in [4.78, 5) is 12.1. The van der Waals surface area contributed by atoms with Crippen LogP contribution in [0.4, 0.5) is 10.1 Å². The van der Waals surface area contributed by atoms with Crippen LogP contribution in [0.2, 0.25) is 10.0 Å². The number of carbonyl (C=O) groups excluding carboxylic acids is 1. The average Bonchev–Trinajstić information content (AvgIpc) is 2.47. The molecule has 0 radical (unpaired) electrons. The van der Waals surface area contributed by atoms with E-state index in [0.29, 0.717) is 11.3 Å². The van der Waals surface area contributed by atoms with Crippen molar-refractivity contribution in [1.29, 1.82) is 0 Å². The summed E-state index contributed by atoms with van der Waals surface area (Å²) in [7, 11) is -3.39. The third-order valence-electron chi connectivity index (χ3n) is 2.94. The van der Waals surface area contributed by atoms with Crippen molar-refractivity contribution in [1.82, 2.24) is 5.32 Å². The molecule has 2 N–H and O–H groups in total. The second-order valence-corrected chi connectivity index (χ2v) is 7.57. The van der Waals surface area contributed by atoms with Crippen molar-refractivity contribution in [2.24, 2.45) is 0 Å². The lowest BCUT2D eigenvalue weighted by Crippen LogP contribution is -2.23. The lowest BCUT2D eigenvalue weighted by Gasteiger charge is -2.09. The molecule has 0 fully saturated rings. The van der Waals surface area contributed by atoms with Crippen molar-refractivity contribution in [2.75, 3.05) is 11.0 Å². The lowest BCUT2D eigenvalue weighted by atomic mass is 10.1. The molecule has 5 nitrogen and oxygen atoms in total. The fourth-order valence-electron chi connectivity index (χ4n) is 1.93. The van der Waals surface area contributed by atoms with E-state index in [1.54, 1.807) is 24.3 Å². The molecular weight excluding hydrogens is 378 g/mol. The van der Waals surface area contributed by atoms with Crippen molar-refractivity contribution >= 4 is 44.8 Å². The zero-order valence-electron chi connectivity index (χ0n) is 12.4. The number of carbonyl (C=O) groups is 1. The van der Waals surface area contributed by atoms with Gasteiger partial charge in [-0.1, -0.05) is 35.3 Å². The molecule has 0 heterocycles. The van der Waals surface area contributed by atoms with Gasteiger partial charge in [-0.05, 0) is 29.8 Å². The molecule has 0 aliphatic rings. The lowest BCUT2D eigenvalue weighted by molar-refractivity contribution is 0.0950. The highest BCUT2D eigenvalue weighted by atomic mass is 35.5. The zero-order valence-corrected chi connectivity index (χ0v) is 14.8. The third-order valence-corrected chi connectivity index (χ3v) is 4.15. The fraction of sp³-hybridized carbons (Fsp3) is 0.133. The topological polar surface area (TPSA) is 75.3 Å². The highest BCUT2D eigenvalue weighted by molar-refractivity contribution is 7.92. The maximum absolute atomic E-state index is 13.5. The van der Waals surface area contributed by atoms with Crippen LogP contribution >= 0.6 is 23.2 Å². The molecule has 0 saturated heterocycles. The number of amides is 1. The maximum atomic E-state index is 13.5. The van der Waals surface area contributed by atoms with Gasteiger partial charge in [0.05, 0.1) is 21.9 Å². The van der Waals surface area contributed by atoms with Crippen LogP contribution in [0.3, 0.4) is 0 Å². The molecule has 24 heavy (non-hydrogen) atoms. The van der Waals surface area contributed by atoms with E-state index in [1.165, 1.54) is 0 Å². The Morgan fingerprint density at radius 3 is 2.54 bits per heavy atom. The number of hydrogen-bond acceptors (Lipinski definition) is 3. The van der Waals surface area contributed by atoms with Crippen molar-refractivity contribution in [2.45, 2.75) is 6.54 Å². The van der Waals surface area contributed by atoms with Crippen LogP contribution in [0, 0.1) is 5.82 Å². The molecule has 1 amide bonds. The first kappa shape index (κ1) is 18.5. The van der Waals surface area contributed by atoms with Crippen LogP contribution in [-0.4, -0.2) is 20.6 Å². The molecule has 2 aromatic rings. The molecule has 0 atom stereocenters. The standard InChI is InChI=1S/C15H13Cl2FN2O3S/c1-24(22,23)20-10-4-2-3-9(5-10)8-19-15(21)11-6-14(18)13(17)7-12(11)16/h2-7,20H,8H2,1H3,(H,19,21). The Kier molecular flexibility index (Phi) is 5.69. The van der Waals surface area contributed by atoms with E-state index in [1.807, 2.05) is 0 Å². The van der Waals surface area contributed by atoms with Crippen molar-refractivity contribution in [3.05, 3.63) is 63.4 Å². The number of benzene rings is 2. The monoisotopic (exact) mass is 390 g/mol. The van der Waals surface area contributed by atoms with Gasteiger partial charge in [0, 0.05) is 12.2 Å². The van der Waals surface area contributed by atoms with Crippen molar-refractivity contribution in [3.8, 4) is 0 Å². The second-order valence-electron chi connectivity index (χ2n) is 5.00. The summed E-state index contributed by atoms with van der Waals surface area (Å²) in [6.45, 7) is 0.110. The van der Waals surface area contributed by atoms with Crippen LogP contribution in [0.25, 0.3) is 0 Å². The first-order valence-corrected chi connectivity index (χ1v) is 9.30. The van der Waals surface area contributed by atoms with Gasteiger partial charge in [-0.15, -0.1) is 0 Å². The van der Waals surface area contributed by atoms with Gasteiger partial charge < -0.3 is 5.32 Å². The minimum absolute atomic E-state index is 0.0337. The third kappa shape index (κ3) is 5.09. The summed E-state index contributed by atoms with van der Waals surface area (Å²) >= 11 is 11.5. The molecule has 0 aromatic heterocycles. The average molecular weight is 391 g/mol. The number of hydrogen-bond donors (Lipinski definition) is 2. The van der Waals surface area contributed by atoms with E-state index in [0.717, 1.165) is 18.4 Å². The molecule has 0 spiro atoms. The quantitative estimate of drug-likeness (QED) is 0.767. The molecule has 0 unspecified atom stereocenters. The Bertz CT molecular complexity index is 888. The molecule has 0 aliphatic heterocycles. The second kappa shape index (κ2) is 7.38. The van der Waals surface area contributed by atoms with Gasteiger partial charge in [0.25, 0.3) is 5.91 Å². The number of anilines is 1. The molecule has 2 rings (SSSR count). The van der Waals surface area contributed by atoms with Crippen LogP contribution in [0.15, 0.2) is 36.4 Å². The van der Waals surface area contributed by atoms with E-state index < -0.39 is 21.7 Å². The molecule has 0 bridgehead atoms. The van der Waals surface area contributed by atoms with Crippen molar-refractivity contribution < 1.29 is 17.6 Å². The van der Waals surface area contributed by atoms with Gasteiger partial charge in [0.1, 0.15) is 5.82 Å². The molecule has 0 aliphatic carbocycles. The zero-order chi connectivity index (χ0) is 17.9. The summed E-state index contributed by atoms with van der Waals surface area (Å²) in [5.74, 6) is -1.32. The summed E-state index contributed by atoms with van der Waals surface area (Å²) in [6.07, 6.45) is 1.04. The summed E-state index contributed by atoms with van der Waals surface area (Å²) in [5.41, 5.74) is 0.992. The van der Waals surface area contributed by atoms with Gasteiger partial charge >= 0.3 is 0 Å². The van der Waals surface area contributed by atoms with Gasteiger partial charge in [0.15, 0.2) is 0 Å². The number of nitrogens with one attached hydrogen (secondary N) is 2. The number of rotatable bonds is 5. The number of halogens is 3. The van der Waals surface area contributed by atoms with Crippen LogP contribution < -0.4 is 10.0 Å². The van der Waals surface area contributed by atoms with Gasteiger partial charge in [0.2, 0.25) is 10.0 Å². The SMILES string of the molecule is CS(=O)(=O)Nc1cccc(CNC(=O)c2cc(F)c(Cl)cc2Cl)c1. The van der Waals surface area contributed by atoms with E-state index in [-0.39, 0.29) is 22.2 Å². The van der Waals surface area contributed by atoms with Gasteiger partial charge in [-0.25, -0.2) is 12.8 Å². The van der Waals surface area contributed by atoms with E-state index in [4.69, 9.17) is 23.2 Å². The Morgan fingerprint density at radius 1 is 1.17 bits per heavy atom. The largest absolute Gasteiger partial charge is 0.348 e. The van der Waals surface area contributed by atoms with Crippen LogP contribution in [0.5, 0.6) is 0 Å². The van der Waals surface area contributed by atoms with Gasteiger partial charge in [-0.2, -0.15) is 0 Å². The molecular formula is C15H13Cl2FN2O3S. The fourth-order valence-corrected chi connectivity index (χ4v) is 2.96. The summed E-state index contributed by atoms with van der Waals surface area (Å²) in [6, 6.07) is 8.62. The minimum Gasteiger partial charge on any atom is -0.348 e. The maximum Gasteiger partial charge on any atom is 0.253 e. The Morgan fingerprint density at radius 2 is 1.88 bits per heavy atom. The smallest absolute Gasteiger partial charge is 0.253 e. The number of sulfonamides is 1. The Hall–Kier alpha value is -1.83. The molecule has 9 heteroatoms. The van der Waals surface area contributed by atoms with Gasteiger partial charge in [-0.3, -0.25) is 9.52 Å². The van der Waals surface area contributed by atoms with E-state index in [2.05, 4.69) is 10.0 Å². The Balaban J connectivity index is 2.10. The van der Waals surface area contributed by atoms with Crippen LogP contribution in [-0.2, 0) is 16.6 Å². The highest BCUT2D eigenvalue weighted by Gasteiger charge is 2.14. The van der Waals surface area contributed by atoms with E-state index in [9.17, 15) is 17.6 Å². The van der Waals surface area contributed by atoms with E-state index >= 15 is 0 Å². The Labute approximate surface area is 148 Å². The first-order valence-electron chi connectivity index (χ1n) is 6.65. The molecule has 0 saturated carbocycles. The van der Waals surface area contributed by atoms with Crippen molar-refractivity contribution in [3.63, 3.8) is 0 Å². The predicted molar refractivity (Wildman–Crippen MR) is 92.5 cm³/mol. The highest BCUT2D eigenvalue weighted by Crippen LogP contribution is 2.24. The first-order chi connectivity index (χ1) is 11.2. The molecule has 128 valence electrons. The normalized spacial score (nSPS) is 11.2. The predicted octanol–water partition coefficient (Wildman–Crippen LogP) is 3.43. The summed E-state index contributed by atoms with van der Waals surface area (Å²) < 4.78 is 38.2.